The van der Waals surface area contributed by atoms with Crippen molar-refractivity contribution in [3.63, 3.8) is 0 Å². The van der Waals surface area contributed by atoms with Gasteiger partial charge in [-0.05, 0) is 36.2 Å². The summed E-state index contributed by atoms with van der Waals surface area (Å²) < 4.78 is 11.6. The molecular weight excluding hydrogens is 320 g/mol. The quantitative estimate of drug-likeness (QED) is 0.911. The molecule has 106 valence electrons. The zero-order valence-corrected chi connectivity index (χ0v) is 13.1. The third kappa shape index (κ3) is 3.29. The van der Waals surface area contributed by atoms with Crippen molar-refractivity contribution >= 4 is 15.9 Å². The molecule has 5 heteroatoms. The van der Waals surface area contributed by atoms with E-state index in [0.717, 1.165) is 21.3 Å². The van der Waals surface area contributed by atoms with Crippen LogP contribution in [0, 0.1) is 0 Å². The lowest BCUT2D eigenvalue weighted by Gasteiger charge is -2.16. The fourth-order valence-corrected chi connectivity index (χ4v) is 2.46. The molecule has 2 aromatic rings. The van der Waals surface area contributed by atoms with Crippen molar-refractivity contribution in [1.82, 2.24) is 4.98 Å². The highest BCUT2D eigenvalue weighted by atomic mass is 79.9. The second-order valence-corrected chi connectivity index (χ2v) is 5.24. The van der Waals surface area contributed by atoms with Gasteiger partial charge in [-0.3, -0.25) is 4.98 Å². The molecule has 20 heavy (non-hydrogen) atoms. The molecule has 4 nitrogen and oxygen atoms in total. The van der Waals surface area contributed by atoms with Gasteiger partial charge in [0.15, 0.2) is 0 Å². The first-order valence-electron chi connectivity index (χ1n) is 6.21. The van der Waals surface area contributed by atoms with Crippen molar-refractivity contribution in [3.8, 4) is 11.5 Å². The predicted molar refractivity (Wildman–Crippen MR) is 82.1 cm³/mol. The minimum absolute atomic E-state index is 0.170. The molecule has 0 aliphatic heterocycles. The molecule has 0 fully saturated rings. The number of hydrogen-bond donors (Lipinski definition) is 1. The predicted octanol–water partition coefficient (Wildman–Crippen LogP) is 3.10. The summed E-state index contributed by atoms with van der Waals surface area (Å²) in [5.41, 5.74) is 8.33. The summed E-state index contributed by atoms with van der Waals surface area (Å²) in [6.45, 7) is 0. The summed E-state index contributed by atoms with van der Waals surface area (Å²) >= 11 is 3.54. The number of halogens is 1. The number of hydrogen-bond acceptors (Lipinski definition) is 4. The van der Waals surface area contributed by atoms with Gasteiger partial charge in [-0.15, -0.1) is 0 Å². The highest BCUT2D eigenvalue weighted by molar-refractivity contribution is 9.10. The van der Waals surface area contributed by atoms with Gasteiger partial charge in [0.1, 0.15) is 11.5 Å². The van der Waals surface area contributed by atoms with E-state index in [2.05, 4.69) is 20.9 Å². The van der Waals surface area contributed by atoms with Gasteiger partial charge in [0.05, 0.1) is 20.4 Å². The molecular formula is C15H17BrN2O2. The van der Waals surface area contributed by atoms with Crippen LogP contribution in [0.3, 0.4) is 0 Å². The number of methoxy groups -OCH3 is 2. The van der Waals surface area contributed by atoms with Crippen molar-refractivity contribution in [1.29, 1.82) is 0 Å². The van der Waals surface area contributed by atoms with Gasteiger partial charge in [0.2, 0.25) is 0 Å². The van der Waals surface area contributed by atoms with Crippen molar-refractivity contribution < 1.29 is 9.47 Å². The summed E-state index contributed by atoms with van der Waals surface area (Å²) in [5.74, 6) is 1.52. The van der Waals surface area contributed by atoms with E-state index in [1.54, 1.807) is 26.6 Å². The summed E-state index contributed by atoms with van der Waals surface area (Å²) in [4.78, 5) is 4.04. The molecule has 1 aromatic heterocycles. The topological polar surface area (TPSA) is 57.4 Å². The fraction of sp³-hybridized carbons (Fsp3) is 0.267. The van der Waals surface area contributed by atoms with Gasteiger partial charge < -0.3 is 15.2 Å². The molecule has 1 aromatic carbocycles. The Balaban J connectivity index is 2.25. The molecule has 0 spiro atoms. The summed E-state index contributed by atoms with van der Waals surface area (Å²) in [5, 5.41) is 0. The Hall–Kier alpha value is -1.59. The van der Waals surface area contributed by atoms with Crippen LogP contribution in [0.15, 0.2) is 41.1 Å². The highest BCUT2D eigenvalue weighted by Gasteiger charge is 2.14. The number of nitrogens with zero attached hydrogens (tertiary/aromatic N) is 1. The second-order valence-electron chi connectivity index (χ2n) is 4.39. The second kappa shape index (κ2) is 6.72. The lowest BCUT2D eigenvalue weighted by atomic mass is 10.00. The maximum atomic E-state index is 6.29. The van der Waals surface area contributed by atoms with Crippen LogP contribution < -0.4 is 15.2 Å². The maximum absolute atomic E-state index is 6.29. The Labute approximate surface area is 127 Å². The minimum atomic E-state index is -0.170. The molecule has 0 saturated carbocycles. The van der Waals surface area contributed by atoms with Crippen LogP contribution in [0.1, 0.15) is 17.2 Å². The Bertz CT molecular complexity index is 590. The van der Waals surface area contributed by atoms with E-state index >= 15 is 0 Å². The van der Waals surface area contributed by atoms with Gasteiger partial charge in [-0.2, -0.15) is 0 Å². The van der Waals surface area contributed by atoms with Crippen molar-refractivity contribution in [2.24, 2.45) is 5.73 Å². The molecule has 0 bridgehead atoms. The molecule has 0 saturated heterocycles. The van der Waals surface area contributed by atoms with Crippen LogP contribution in [0.4, 0.5) is 0 Å². The van der Waals surface area contributed by atoms with E-state index in [1.165, 1.54) is 0 Å². The van der Waals surface area contributed by atoms with Crippen molar-refractivity contribution in [3.05, 3.63) is 52.3 Å². The number of pyridine rings is 1. The Morgan fingerprint density at radius 2 is 2.05 bits per heavy atom. The monoisotopic (exact) mass is 336 g/mol. The van der Waals surface area contributed by atoms with E-state index in [4.69, 9.17) is 15.2 Å². The Morgan fingerprint density at radius 3 is 2.75 bits per heavy atom. The Morgan fingerprint density at radius 1 is 1.25 bits per heavy atom. The van der Waals surface area contributed by atoms with Gasteiger partial charge in [0.25, 0.3) is 0 Å². The third-order valence-corrected chi connectivity index (χ3v) is 3.90. The molecule has 0 aliphatic carbocycles. The number of aromatic nitrogens is 1. The van der Waals surface area contributed by atoms with E-state index in [9.17, 15) is 0 Å². The summed E-state index contributed by atoms with van der Waals surface area (Å²) in [6, 6.07) is 7.57. The molecule has 0 aliphatic rings. The Kier molecular flexibility index (Phi) is 4.98. The van der Waals surface area contributed by atoms with Gasteiger partial charge in [0, 0.05) is 22.3 Å². The molecule has 1 atom stereocenters. The smallest absolute Gasteiger partial charge is 0.141 e. The van der Waals surface area contributed by atoms with E-state index in [-0.39, 0.29) is 6.04 Å². The molecule has 1 unspecified atom stereocenters. The molecule has 0 amide bonds. The van der Waals surface area contributed by atoms with E-state index in [0.29, 0.717) is 12.2 Å². The van der Waals surface area contributed by atoms with E-state index in [1.807, 2.05) is 24.3 Å². The zero-order valence-electron chi connectivity index (χ0n) is 11.5. The van der Waals surface area contributed by atoms with Gasteiger partial charge in [-0.1, -0.05) is 15.9 Å². The van der Waals surface area contributed by atoms with Crippen LogP contribution in [-0.2, 0) is 6.42 Å². The summed E-state index contributed by atoms with van der Waals surface area (Å²) in [6.07, 6.45) is 4.08. The zero-order chi connectivity index (χ0) is 14.5. The minimum Gasteiger partial charge on any atom is -0.497 e. The lowest BCUT2D eigenvalue weighted by molar-refractivity contribution is 0.403. The van der Waals surface area contributed by atoms with E-state index < -0.39 is 0 Å². The normalized spacial score (nSPS) is 12.0. The molecule has 1 heterocycles. The molecule has 2 N–H and O–H groups in total. The van der Waals surface area contributed by atoms with Crippen LogP contribution >= 0.6 is 15.9 Å². The first kappa shape index (κ1) is 14.8. The fourth-order valence-electron chi connectivity index (χ4n) is 2.05. The molecule has 0 radical (unpaired) electrons. The van der Waals surface area contributed by atoms with Crippen LogP contribution in [-0.4, -0.2) is 19.2 Å². The average Bonchev–Trinajstić information content (AvgIpc) is 2.49. The maximum Gasteiger partial charge on any atom is 0.141 e. The number of nitrogens with two attached hydrogens (primary N) is 1. The van der Waals surface area contributed by atoms with Crippen LogP contribution in [0.2, 0.25) is 0 Å². The van der Waals surface area contributed by atoms with Gasteiger partial charge >= 0.3 is 0 Å². The standard InChI is InChI=1S/C15H17BrN2O2/c1-19-11-3-4-13(16)10(7-11)8-14(17)12-5-6-18-9-15(12)20-2/h3-7,9,14H,8,17H2,1-2H3. The first-order chi connectivity index (χ1) is 9.65. The lowest BCUT2D eigenvalue weighted by Crippen LogP contribution is -2.15. The van der Waals surface area contributed by atoms with Crippen molar-refractivity contribution in [2.75, 3.05) is 14.2 Å². The van der Waals surface area contributed by atoms with Crippen LogP contribution in [0.5, 0.6) is 11.5 Å². The number of rotatable bonds is 5. The number of benzene rings is 1. The van der Waals surface area contributed by atoms with Crippen molar-refractivity contribution in [2.45, 2.75) is 12.5 Å². The highest BCUT2D eigenvalue weighted by Crippen LogP contribution is 2.29. The molecule has 2 rings (SSSR count). The van der Waals surface area contributed by atoms with Gasteiger partial charge in [-0.25, -0.2) is 0 Å². The first-order valence-corrected chi connectivity index (χ1v) is 7.01. The summed E-state index contributed by atoms with van der Waals surface area (Å²) in [7, 11) is 3.27. The third-order valence-electron chi connectivity index (χ3n) is 3.13. The number of ether oxygens (including phenoxy) is 2. The largest absolute Gasteiger partial charge is 0.497 e. The average molecular weight is 337 g/mol. The SMILES string of the molecule is COc1ccc(Br)c(CC(N)c2ccncc2OC)c1. The van der Waals surface area contributed by atoms with Crippen LogP contribution in [0.25, 0.3) is 0 Å².